The Morgan fingerprint density at radius 3 is 2.29 bits per heavy atom. The standard InChI is InChI=1S/C29H23NO4/c1-17-10-15-24(18(2)16-17)30-26(20-11-13-21(31)14-12-20)25(28(33)29(30)34)27(32)23-9-5-7-19-6-3-4-8-22(19)23/h3-16,26,31-32H,1-2H3/b27-25-. The molecule has 1 aliphatic rings. The summed E-state index contributed by atoms with van der Waals surface area (Å²) in [5.41, 5.74) is 3.60. The van der Waals surface area contributed by atoms with Gasteiger partial charge >= 0.3 is 0 Å². The van der Waals surface area contributed by atoms with Crippen molar-refractivity contribution in [1.82, 2.24) is 0 Å². The number of fused-ring (bicyclic) bond motifs is 1. The van der Waals surface area contributed by atoms with Gasteiger partial charge in [0.25, 0.3) is 11.7 Å². The SMILES string of the molecule is Cc1ccc(N2C(=O)C(=O)/C(=C(\O)c3cccc4ccccc34)C2c2ccc(O)cc2)c(C)c1. The van der Waals surface area contributed by atoms with Gasteiger partial charge in [-0.2, -0.15) is 0 Å². The van der Waals surface area contributed by atoms with Gasteiger partial charge in [-0.1, -0.05) is 72.3 Å². The smallest absolute Gasteiger partial charge is 0.300 e. The zero-order chi connectivity index (χ0) is 24.0. The first-order chi connectivity index (χ1) is 16.4. The average Bonchev–Trinajstić information content (AvgIpc) is 3.09. The summed E-state index contributed by atoms with van der Waals surface area (Å²) in [5, 5.41) is 23.0. The fraction of sp³-hybridized carbons (Fsp3) is 0.103. The lowest BCUT2D eigenvalue weighted by molar-refractivity contribution is -0.132. The molecule has 0 spiro atoms. The number of Topliss-reactive ketones (excluding diaryl/α,β-unsaturated/α-hetero) is 1. The molecule has 0 radical (unpaired) electrons. The minimum atomic E-state index is -0.846. The van der Waals surface area contributed by atoms with E-state index in [-0.39, 0.29) is 17.1 Å². The highest BCUT2D eigenvalue weighted by Gasteiger charge is 2.47. The number of aromatic hydroxyl groups is 1. The van der Waals surface area contributed by atoms with Gasteiger partial charge in [-0.15, -0.1) is 0 Å². The van der Waals surface area contributed by atoms with Gasteiger partial charge in [0.05, 0.1) is 11.6 Å². The third-order valence-corrected chi connectivity index (χ3v) is 6.31. The highest BCUT2D eigenvalue weighted by Crippen LogP contribution is 2.44. The number of benzene rings is 4. The first-order valence-corrected chi connectivity index (χ1v) is 11.0. The second-order valence-corrected chi connectivity index (χ2v) is 8.58. The molecule has 0 aliphatic carbocycles. The lowest BCUT2D eigenvalue weighted by Gasteiger charge is -2.27. The van der Waals surface area contributed by atoms with Crippen molar-refractivity contribution in [3.63, 3.8) is 0 Å². The van der Waals surface area contributed by atoms with Crippen LogP contribution < -0.4 is 4.90 Å². The quantitative estimate of drug-likeness (QED) is 0.236. The summed E-state index contributed by atoms with van der Waals surface area (Å²) in [7, 11) is 0. The van der Waals surface area contributed by atoms with E-state index in [4.69, 9.17) is 0 Å². The Balaban J connectivity index is 1.79. The number of hydrogen-bond donors (Lipinski definition) is 2. The van der Waals surface area contributed by atoms with E-state index in [0.717, 1.165) is 21.9 Å². The van der Waals surface area contributed by atoms with Crippen molar-refractivity contribution in [1.29, 1.82) is 0 Å². The van der Waals surface area contributed by atoms with E-state index in [0.29, 0.717) is 16.8 Å². The zero-order valence-corrected chi connectivity index (χ0v) is 18.8. The highest BCUT2D eigenvalue weighted by molar-refractivity contribution is 6.52. The molecule has 1 heterocycles. The second-order valence-electron chi connectivity index (χ2n) is 8.58. The van der Waals surface area contributed by atoms with E-state index in [1.165, 1.54) is 17.0 Å². The van der Waals surface area contributed by atoms with Crippen LogP contribution in [0, 0.1) is 13.8 Å². The Morgan fingerprint density at radius 2 is 1.56 bits per heavy atom. The Hall–Kier alpha value is -4.38. The molecular weight excluding hydrogens is 426 g/mol. The molecule has 1 amide bonds. The number of phenolic OH excluding ortho intramolecular Hbond substituents is 1. The molecule has 1 fully saturated rings. The second kappa shape index (κ2) is 8.19. The number of aliphatic hydroxyl groups is 1. The third-order valence-electron chi connectivity index (χ3n) is 6.31. The highest BCUT2D eigenvalue weighted by atomic mass is 16.3. The van der Waals surface area contributed by atoms with Crippen LogP contribution in [0.25, 0.3) is 16.5 Å². The third kappa shape index (κ3) is 3.42. The maximum atomic E-state index is 13.4. The first-order valence-electron chi connectivity index (χ1n) is 11.0. The van der Waals surface area contributed by atoms with Crippen molar-refractivity contribution >= 4 is 33.9 Å². The minimum absolute atomic E-state index is 0.0204. The van der Waals surface area contributed by atoms with Crippen LogP contribution in [0.4, 0.5) is 5.69 Å². The van der Waals surface area contributed by atoms with Crippen molar-refractivity contribution in [2.75, 3.05) is 4.90 Å². The fourth-order valence-corrected chi connectivity index (χ4v) is 4.71. The molecule has 4 aromatic rings. The van der Waals surface area contributed by atoms with Crippen molar-refractivity contribution in [2.24, 2.45) is 0 Å². The monoisotopic (exact) mass is 449 g/mol. The summed E-state index contributed by atoms with van der Waals surface area (Å²) in [6.07, 6.45) is 0. The largest absolute Gasteiger partial charge is 0.508 e. The Labute approximate surface area is 197 Å². The van der Waals surface area contributed by atoms with Gasteiger partial charge in [-0.25, -0.2) is 0 Å². The molecule has 0 bridgehead atoms. The predicted molar refractivity (Wildman–Crippen MR) is 133 cm³/mol. The van der Waals surface area contributed by atoms with Gasteiger partial charge < -0.3 is 10.2 Å². The topological polar surface area (TPSA) is 77.8 Å². The Kier molecular flexibility index (Phi) is 5.17. The summed E-state index contributed by atoms with van der Waals surface area (Å²) in [5.74, 6) is -1.60. The number of anilines is 1. The number of ketones is 1. The number of amides is 1. The van der Waals surface area contributed by atoms with Gasteiger partial charge in [-0.3, -0.25) is 14.5 Å². The molecule has 1 saturated heterocycles. The number of hydrogen-bond acceptors (Lipinski definition) is 4. The first kappa shape index (κ1) is 21.5. The molecule has 168 valence electrons. The van der Waals surface area contributed by atoms with E-state index in [9.17, 15) is 19.8 Å². The van der Waals surface area contributed by atoms with Gasteiger partial charge in [-0.05, 0) is 53.9 Å². The van der Waals surface area contributed by atoms with Crippen LogP contribution in [0.1, 0.15) is 28.3 Å². The fourth-order valence-electron chi connectivity index (χ4n) is 4.71. The van der Waals surface area contributed by atoms with Crippen LogP contribution in [0.5, 0.6) is 5.75 Å². The van der Waals surface area contributed by atoms with Crippen molar-refractivity contribution in [2.45, 2.75) is 19.9 Å². The molecule has 0 saturated carbocycles. The summed E-state index contributed by atoms with van der Waals surface area (Å²) >= 11 is 0. The number of phenols is 1. The van der Waals surface area contributed by atoms with Crippen LogP contribution in [0.2, 0.25) is 0 Å². The molecule has 5 heteroatoms. The minimum Gasteiger partial charge on any atom is -0.508 e. The number of aliphatic hydroxyl groups excluding tert-OH is 1. The van der Waals surface area contributed by atoms with Crippen LogP contribution >= 0.6 is 0 Å². The van der Waals surface area contributed by atoms with Crippen molar-refractivity contribution in [3.8, 4) is 5.75 Å². The van der Waals surface area contributed by atoms with Crippen LogP contribution in [-0.4, -0.2) is 21.9 Å². The average molecular weight is 450 g/mol. The van der Waals surface area contributed by atoms with Gasteiger partial charge in [0.1, 0.15) is 11.5 Å². The van der Waals surface area contributed by atoms with Crippen molar-refractivity contribution in [3.05, 3.63) is 113 Å². The number of aryl methyl sites for hydroxylation is 2. The van der Waals surface area contributed by atoms with Crippen LogP contribution in [0.15, 0.2) is 90.5 Å². The molecular formula is C29H23NO4. The van der Waals surface area contributed by atoms with Gasteiger partial charge in [0, 0.05) is 11.3 Å². The van der Waals surface area contributed by atoms with Crippen molar-refractivity contribution < 1.29 is 19.8 Å². The van der Waals surface area contributed by atoms with Crippen LogP contribution in [0.3, 0.4) is 0 Å². The number of carbonyl (C=O) groups is 2. The molecule has 0 aromatic heterocycles. The summed E-state index contributed by atoms with van der Waals surface area (Å²) in [6, 6.07) is 24.2. The van der Waals surface area contributed by atoms with Gasteiger partial charge in [0.15, 0.2) is 0 Å². The number of rotatable bonds is 3. The molecule has 34 heavy (non-hydrogen) atoms. The Bertz CT molecular complexity index is 1480. The van der Waals surface area contributed by atoms with Gasteiger partial charge in [0.2, 0.25) is 0 Å². The lowest BCUT2D eigenvalue weighted by Crippen LogP contribution is -2.30. The molecule has 5 rings (SSSR count). The van der Waals surface area contributed by atoms with Crippen LogP contribution in [-0.2, 0) is 9.59 Å². The number of nitrogens with zero attached hydrogens (tertiary/aromatic N) is 1. The van der Waals surface area contributed by atoms with E-state index >= 15 is 0 Å². The van der Waals surface area contributed by atoms with E-state index in [2.05, 4.69) is 0 Å². The molecule has 1 unspecified atom stereocenters. The number of carbonyl (C=O) groups excluding carboxylic acids is 2. The summed E-state index contributed by atoms with van der Waals surface area (Å²) in [6.45, 7) is 3.85. The molecule has 2 N–H and O–H groups in total. The summed E-state index contributed by atoms with van der Waals surface area (Å²) in [4.78, 5) is 28.2. The van der Waals surface area contributed by atoms with E-state index < -0.39 is 17.7 Å². The molecule has 5 nitrogen and oxygen atoms in total. The maximum absolute atomic E-state index is 13.4. The predicted octanol–water partition coefficient (Wildman–Crippen LogP) is 5.79. The van der Waals surface area contributed by atoms with E-state index in [1.807, 2.05) is 68.4 Å². The molecule has 4 aromatic carbocycles. The molecule has 1 aliphatic heterocycles. The van der Waals surface area contributed by atoms with E-state index in [1.54, 1.807) is 18.2 Å². The zero-order valence-electron chi connectivity index (χ0n) is 18.8. The Morgan fingerprint density at radius 1 is 0.853 bits per heavy atom. The lowest BCUT2D eigenvalue weighted by atomic mass is 9.93. The summed E-state index contributed by atoms with van der Waals surface area (Å²) < 4.78 is 0. The maximum Gasteiger partial charge on any atom is 0.300 e. The molecule has 1 atom stereocenters. The normalized spacial score (nSPS) is 17.5.